The minimum Gasteiger partial charge on any atom is -0.352 e. The highest BCUT2D eigenvalue weighted by Gasteiger charge is 2.26. The Bertz CT molecular complexity index is 1790. The number of aromatic nitrogens is 5. The van der Waals surface area contributed by atoms with Gasteiger partial charge in [0.1, 0.15) is 16.2 Å². The summed E-state index contributed by atoms with van der Waals surface area (Å²) < 4.78 is 19.0. The number of likely N-dealkylation sites (tertiary alicyclic amines) is 1. The number of para-hydroxylation sites is 2. The van der Waals surface area contributed by atoms with Gasteiger partial charge in [0, 0.05) is 50.4 Å². The average molecular weight is 560 g/mol. The molecule has 0 saturated carbocycles. The summed E-state index contributed by atoms with van der Waals surface area (Å²) in [5.41, 5.74) is 2.64. The van der Waals surface area contributed by atoms with Gasteiger partial charge < -0.3 is 14.8 Å². The quantitative estimate of drug-likeness (QED) is 0.289. The highest BCUT2D eigenvalue weighted by Crippen LogP contribution is 2.29. The van der Waals surface area contributed by atoms with Gasteiger partial charge in [-0.2, -0.15) is 0 Å². The number of halogens is 1. The fraction of sp³-hybridized carbons (Fsp3) is 0.345. The summed E-state index contributed by atoms with van der Waals surface area (Å²) in [5, 5.41) is 3.23. The molecule has 1 unspecified atom stereocenters. The first-order valence-electron chi connectivity index (χ1n) is 13.4. The Hall–Kier alpha value is -3.83. The normalized spacial score (nSPS) is 15.9. The number of benzene rings is 1. The van der Waals surface area contributed by atoms with Gasteiger partial charge in [-0.15, -0.1) is 11.8 Å². The maximum Gasteiger partial charge on any atom is 0.259 e. The third-order valence-electron chi connectivity index (χ3n) is 7.72. The van der Waals surface area contributed by atoms with Crippen LogP contribution >= 0.6 is 11.8 Å². The second kappa shape index (κ2) is 11.0. The molecule has 1 fully saturated rings. The fourth-order valence-corrected chi connectivity index (χ4v) is 6.50. The monoisotopic (exact) mass is 559 g/mol. The maximum atomic E-state index is 15.3. The Morgan fingerprint density at radius 2 is 2.02 bits per heavy atom. The van der Waals surface area contributed by atoms with E-state index in [0.29, 0.717) is 36.1 Å². The molecule has 4 aromatic heterocycles. The van der Waals surface area contributed by atoms with Crippen molar-refractivity contribution in [3.05, 3.63) is 76.2 Å². The SMILES string of the molecule is CN1CCCC1CCNC(=O)c1c(=O)c2cc(F)c(SCCc3cnccn3)nc2n2c3ccccc3n(C)c12. The maximum absolute atomic E-state index is 15.3. The van der Waals surface area contributed by atoms with Crippen molar-refractivity contribution >= 4 is 45.4 Å². The Morgan fingerprint density at radius 3 is 2.77 bits per heavy atom. The van der Waals surface area contributed by atoms with E-state index in [4.69, 9.17) is 0 Å². The van der Waals surface area contributed by atoms with Crippen molar-refractivity contribution in [1.82, 2.24) is 34.1 Å². The molecule has 0 aliphatic carbocycles. The van der Waals surface area contributed by atoms with Crippen LogP contribution in [0.2, 0.25) is 0 Å². The molecule has 1 aliphatic rings. The molecular formula is C29H30FN7O2S. The summed E-state index contributed by atoms with van der Waals surface area (Å²) in [6.07, 6.45) is 8.57. The number of amides is 1. The Balaban J connectivity index is 1.42. The molecule has 0 spiro atoms. The largest absolute Gasteiger partial charge is 0.352 e. The molecule has 5 heterocycles. The molecule has 9 nitrogen and oxygen atoms in total. The van der Waals surface area contributed by atoms with E-state index in [1.807, 2.05) is 35.9 Å². The van der Waals surface area contributed by atoms with Gasteiger partial charge in [-0.25, -0.2) is 9.37 Å². The van der Waals surface area contributed by atoms with Crippen LogP contribution in [0.4, 0.5) is 4.39 Å². The van der Waals surface area contributed by atoms with E-state index in [9.17, 15) is 9.59 Å². The van der Waals surface area contributed by atoms with Crippen LogP contribution in [-0.4, -0.2) is 66.7 Å². The highest BCUT2D eigenvalue weighted by molar-refractivity contribution is 7.99. The zero-order chi connectivity index (χ0) is 27.8. The number of thioether (sulfide) groups is 1. The van der Waals surface area contributed by atoms with Crippen LogP contribution in [0, 0.1) is 5.82 Å². The predicted molar refractivity (Wildman–Crippen MR) is 154 cm³/mol. The number of hydrogen-bond acceptors (Lipinski definition) is 7. The summed E-state index contributed by atoms with van der Waals surface area (Å²) in [6, 6.07) is 9.27. The van der Waals surface area contributed by atoms with Gasteiger partial charge in [0.2, 0.25) is 5.43 Å². The Morgan fingerprint density at radius 1 is 1.20 bits per heavy atom. The number of carbonyl (C=O) groups is 1. The van der Waals surface area contributed by atoms with E-state index in [1.165, 1.54) is 17.8 Å². The summed E-state index contributed by atoms with van der Waals surface area (Å²) in [7, 11) is 3.92. The minimum atomic E-state index is -0.593. The molecule has 1 N–H and O–H groups in total. The molecule has 0 bridgehead atoms. The topological polar surface area (TPSA) is 97.4 Å². The predicted octanol–water partition coefficient (Wildman–Crippen LogP) is 3.82. The molecule has 6 rings (SSSR count). The average Bonchev–Trinajstić information content (AvgIpc) is 3.50. The van der Waals surface area contributed by atoms with Crippen LogP contribution < -0.4 is 10.7 Å². The van der Waals surface area contributed by atoms with E-state index in [-0.39, 0.29) is 16.0 Å². The second-order valence-corrected chi connectivity index (χ2v) is 11.3. The number of nitrogens with one attached hydrogen (secondary N) is 1. The molecule has 0 radical (unpaired) electrons. The third kappa shape index (κ3) is 4.73. The van der Waals surface area contributed by atoms with Crippen molar-refractivity contribution < 1.29 is 9.18 Å². The van der Waals surface area contributed by atoms with Gasteiger partial charge in [-0.05, 0) is 51.1 Å². The van der Waals surface area contributed by atoms with Gasteiger partial charge in [0.05, 0.1) is 22.1 Å². The third-order valence-corrected chi connectivity index (χ3v) is 8.69. The number of aryl methyl sites for hydroxylation is 2. The van der Waals surface area contributed by atoms with Gasteiger partial charge in [-0.1, -0.05) is 12.1 Å². The first-order chi connectivity index (χ1) is 19.4. The number of imidazole rings is 1. The van der Waals surface area contributed by atoms with Gasteiger partial charge in [0.25, 0.3) is 5.91 Å². The van der Waals surface area contributed by atoms with Gasteiger partial charge in [0.15, 0.2) is 11.5 Å². The van der Waals surface area contributed by atoms with Crippen LogP contribution in [0.5, 0.6) is 0 Å². The van der Waals surface area contributed by atoms with Crippen molar-refractivity contribution in [2.24, 2.45) is 7.05 Å². The summed E-state index contributed by atoms with van der Waals surface area (Å²) in [5.74, 6) is -0.512. The number of hydrogen-bond donors (Lipinski definition) is 1. The van der Waals surface area contributed by atoms with E-state index in [0.717, 1.165) is 42.5 Å². The number of rotatable bonds is 8. The lowest BCUT2D eigenvalue weighted by Gasteiger charge is -2.19. The van der Waals surface area contributed by atoms with Crippen molar-refractivity contribution in [3.8, 4) is 0 Å². The zero-order valence-electron chi connectivity index (χ0n) is 22.4. The lowest BCUT2D eigenvalue weighted by Crippen LogP contribution is -2.34. The molecule has 5 aromatic rings. The van der Waals surface area contributed by atoms with Crippen molar-refractivity contribution in [1.29, 1.82) is 0 Å². The van der Waals surface area contributed by atoms with Crippen LogP contribution in [0.25, 0.3) is 27.7 Å². The standard InChI is InChI=1S/C29H30FN7O2S/c1-35-14-5-6-19(35)9-11-33-27(39)24-25(38)20-16-21(30)28(40-15-10-18-17-31-12-13-32-18)34-26(20)37-23-8-4-3-7-22(23)36(2)29(24)37/h3-4,7-8,12-13,16-17,19H,5-6,9-11,14-15H2,1-2H3,(H,33,39). The molecular weight excluding hydrogens is 529 g/mol. The number of carbonyl (C=O) groups excluding carboxylic acids is 1. The highest BCUT2D eigenvalue weighted by atomic mass is 32.2. The number of pyridine rings is 2. The molecule has 1 saturated heterocycles. The van der Waals surface area contributed by atoms with Crippen LogP contribution in [0.1, 0.15) is 35.3 Å². The molecule has 1 atom stereocenters. The van der Waals surface area contributed by atoms with E-state index >= 15 is 4.39 Å². The lowest BCUT2D eigenvalue weighted by atomic mass is 10.1. The smallest absolute Gasteiger partial charge is 0.259 e. The van der Waals surface area contributed by atoms with Gasteiger partial charge in [-0.3, -0.25) is 24.0 Å². The number of nitrogens with zero attached hydrogens (tertiary/aromatic N) is 6. The van der Waals surface area contributed by atoms with Crippen molar-refractivity contribution in [2.45, 2.75) is 36.8 Å². The molecule has 11 heteroatoms. The van der Waals surface area contributed by atoms with Crippen molar-refractivity contribution in [2.75, 3.05) is 25.9 Å². The van der Waals surface area contributed by atoms with Crippen LogP contribution in [0.15, 0.2) is 58.7 Å². The second-order valence-electron chi connectivity index (χ2n) is 10.2. The molecule has 206 valence electrons. The van der Waals surface area contributed by atoms with E-state index < -0.39 is 17.2 Å². The summed E-state index contributed by atoms with van der Waals surface area (Å²) in [6.45, 7) is 1.51. The molecule has 1 aromatic carbocycles. The van der Waals surface area contributed by atoms with Crippen LogP contribution in [-0.2, 0) is 13.5 Å². The van der Waals surface area contributed by atoms with Gasteiger partial charge >= 0.3 is 0 Å². The summed E-state index contributed by atoms with van der Waals surface area (Å²) >= 11 is 1.26. The molecule has 1 amide bonds. The van der Waals surface area contributed by atoms with E-state index in [2.05, 4.69) is 32.2 Å². The zero-order valence-corrected chi connectivity index (χ0v) is 23.2. The fourth-order valence-electron chi connectivity index (χ4n) is 5.65. The Labute approximate surface area is 234 Å². The first kappa shape index (κ1) is 26.4. The lowest BCUT2D eigenvalue weighted by molar-refractivity contribution is 0.0950. The number of fused-ring (bicyclic) bond motifs is 5. The van der Waals surface area contributed by atoms with Crippen molar-refractivity contribution in [3.63, 3.8) is 0 Å². The minimum absolute atomic E-state index is 0.00442. The Kier molecular flexibility index (Phi) is 7.24. The first-order valence-corrected chi connectivity index (χ1v) is 14.4. The molecule has 1 aliphatic heterocycles. The summed E-state index contributed by atoms with van der Waals surface area (Å²) in [4.78, 5) is 42.7. The van der Waals surface area contributed by atoms with E-state index in [1.54, 1.807) is 23.0 Å². The molecule has 40 heavy (non-hydrogen) atoms. The van der Waals surface area contributed by atoms with Crippen LogP contribution in [0.3, 0.4) is 0 Å².